The summed E-state index contributed by atoms with van der Waals surface area (Å²) in [7, 11) is 2.97. The van der Waals surface area contributed by atoms with E-state index in [9.17, 15) is 4.79 Å². The monoisotopic (exact) mass is 237 g/mol. The largest absolute Gasteiger partial charge is 0.480 e. The molecule has 0 aliphatic carbocycles. The number of benzene rings is 1. The molecule has 92 valence electrons. The standard InChI is InChI=1S/C12H15NO4/c1-16-12(17-2)9-6-4-3-5-8(9)7-10(13-12)11(14)15/h3-6,10,13H,7H2,1-2H3,(H,14,15). The fraction of sp³-hybridized carbons (Fsp3) is 0.417. The van der Waals surface area contributed by atoms with Crippen LogP contribution in [-0.4, -0.2) is 31.3 Å². The van der Waals surface area contributed by atoms with Crippen molar-refractivity contribution in [3.8, 4) is 0 Å². The van der Waals surface area contributed by atoms with Gasteiger partial charge in [-0.15, -0.1) is 0 Å². The predicted molar refractivity (Wildman–Crippen MR) is 60.4 cm³/mol. The zero-order valence-electron chi connectivity index (χ0n) is 9.77. The van der Waals surface area contributed by atoms with Gasteiger partial charge < -0.3 is 14.6 Å². The Kier molecular flexibility index (Phi) is 3.15. The number of hydrogen-bond acceptors (Lipinski definition) is 4. The minimum atomic E-state index is -1.18. The van der Waals surface area contributed by atoms with Gasteiger partial charge in [-0.25, -0.2) is 5.32 Å². The zero-order valence-corrected chi connectivity index (χ0v) is 9.77. The lowest BCUT2D eigenvalue weighted by Gasteiger charge is -2.39. The molecule has 2 rings (SSSR count). The Morgan fingerprint density at radius 1 is 1.41 bits per heavy atom. The van der Waals surface area contributed by atoms with E-state index in [4.69, 9.17) is 14.6 Å². The van der Waals surface area contributed by atoms with Crippen LogP contribution in [0.1, 0.15) is 11.1 Å². The number of ether oxygens (including phenoxy) is 2. The number of methoxy groups -OCH3 is 2. The summed E-state index contributed by atoms with van der Waals surface area (Å²) in [4.78, 5) is 11.1. The first-order valence-corrected chi connectivity index (χ1v) is 5.32. The van der Waals surface area contributed by atoms with Gasteiger partial charge >= 0.3 is 5.97 Å². The number of rotatable bonds is 3. The fourth-order valence-corrected chi connectivity index (χ4v) is 2.17. The minimum Gasteiger partial charge on any atom is -0.480 e. The highest BCUT2D eigenvalue weighted by atomic mass is 16.7. The van der Waals surface area contributed by atoms with Gasteiger partial charge in [0.2, 0.25) is 0 Å². The van der Waals surface area contributed by atoms with Crippen molar-refractivity contribution in [1.82, 2.24) is 5.32 Å². The first-order valence-electron chi connectivity index (χ1n) is 5.32. The molecule has 5 heteroatoms. The van der Waals surface area contributed by atoms with Crippen molar-refractivity contribution in [2.45, 2.75) is 18.4 Å². The predicted octanol–water partition coefficient (Wildman–Crippen LogP) is 0.689. The van der Waals surface area contributed by atoms with Crippen LogP contribution in [0.3, 0.4) is 0 Å². The second-order valence-corrected chi connectivity index (χ2v) is 3.92. The summed E-state index contributed by atoms with van der Waals surface area (Å²) in [5.74, 6) is -2.10. The molecule has 5 nitrogen and oxygen atoms in total. The zero-order chi connectivity index (χ0) is 12.5. The average Bonchev–Trinajstić information content (AvgIpc) is 2.37. The van der Waals surface area contributed by atoms with Crippen molar-refractivity contribution in [3.63, 3.8) is 0 Å². The summed E-state index contributed by atoms with van der Waals surface area (Å²) in [6, 6.07) is 6.78. The Morgan fingerprint density at radius 2 is 2.06 bits per heavy atom. The molecule has 1 aromatic carbocycles. The molecule has 0 fully saturated rings. The molecule has 0 aromatic heterocycles. The summed E-state index contributed by atoms with van der Waals surface area (Å²) in [6.45, 7) is 0. The summed E-state index contributed by atoms with van der Waals surface area (Å²) in [5, 5.41) is 12.0. The summed E-state index contributed by atoms with van der Waals surface area (Å²) >= 11 is 0. The van der Waals surface area contributed by atoms with E-state index in [2.05, 4.69) is 5.32 Å². The van der Waals surface area contributed by atoms with Gasteiger partial charge in [-0.1, -0.05) is 24.3 Å². The lowest BCUT2D eigenvalue weighted by Crippen LogP contribution is -2.57. The fourth-order valence-electron chi connectivity index (χ4n) is 2.17. The number of carboxylic acids is 1. The SMILES string of the molecule is COC1(OC)NC(C(=O)O)Cc2ccccc21. The maximum absolute atomic E-state index is 11.1. The van der Waals surface area contributed by atoms with Crippen LogP contribution in [0.25, 0.3) is 0 Å². The lowest BCUT2D eigenvalue weighted by molar-refractivity contribution is -0.247. The maximum atomic E-state index is 11.1. The van der Waals surface area contributed by atoms with Gasteiger partial charge in [-0.3, -0.25) is 4.79 Å². The van der Waals surface area contributed by atoms with Crippen molar-refractivity contribution >= 4 is 5.97 Å². The number of fused-ring (bicyclic) bond motifs is 1. The molecule has 0 amide bonds. The van der Waals surface area contributed by atoms with Gasteiger partial charge in [0.15, 0.2) is 0 Å². The van der Waals surface area contributed by atoms with Gasteiger partial charge in [0.1, 0.15) is 6.04 Å². The molecular formula is C12H15NO4. The van der Waals surface area contributed by atoms with Gasteiger partial charge in [0, 0.05) is 19.8 Å². The van der Waals surface area contributed by atoms with Crippen LogP contribution in [0.5, 0.6) is 0 Å². The van der Waals surface area contributed by atoms with Crippen LogP contribution in [-0.2, 0) is 26.6 Å². The third-order valence-electron chi connectivity index (χ3n) is 3.03. The molecular weight excluding hydrogens is 222 g/mol. The van der Waals surface area contributed by atoms with E-state index in [1.54, 1.807) is 0 Å². The van der Waals surface area contributed by atoms with Gasteiger partial charge in [-0.2, -0.15) is 0 Å². The molecule has 1 aliphatic heterocycles. The second kappa shape index (κ2) is 4.44. The Bertz CT molecular complexity index is 428. The Labute approximate surface area is 99.3 Å². The molecule has 1 aromatic rings. The van der Waals surface area contributed by atoms with E-state index in [0.29, 0.717) is 6.42 Å². The molecule has 1 unspecified atom stereocenters. The summed E-state index contributed by atoms with van der Waals surface area (Å²) in [6.07, 6.45) is 0.417. The number of hydrogen-bond donors (Lipinski definition) is 2. The van der Waals surface area contributed by atoms with E-state index in [-0.39, 0.29) is 0 Å². The van der Waals surface area contributed by atoms with E-state index >= 15 is 0 Å². The minimum absolute atomic E-state index is 0.417. The van der Waals surface area contributed by atoms with E-state index in [0.717, 1.165) is 11.1 Å². The third-order valence-corrected chi connectivity index (χ3v) is 3.03. The van der Waals surface area contributed by atoms with Crippen molar-refractivity contribution in [1.29, 1.82) is 0 Å². The van der Waals surface area contributed by atoms with Crippen LogP contribution in [0.2, 0.25) is 0 Å². The molecule has 0 saturated heterocycles. The van der Waals surface area contributed by atoms with Gasteiger partial charge in [-0.05, 0) is 12.0 Å². The molecule has 0 spiro atoms. The Hall–Kier alpha value is -1.43. The van der Waals surface area contributed by atoms with E-state index in [1.165, 1.54) is 14.2 Å². The number of aliphatic carboxylic acids is 1. The second-order valence-electron chi connectivity index (χ2n) is 3.92. The molecule has 2 N–H and O–H groups in total. The highest BCUT2D eigenvalue weighted by Crippen LogP contribution is 2.31. The van der Waals surface area contributed by atoms with E-state index in [1.807, 2.05) is 24.3 Å². The molecule has 1 heterocycles. The number of carboxylic acid groups (broad SMARTS) is 1. The van der Waals surface area contributed by atoms with E-state index < -0.39 is 17.9 Å². The van der Waals surface area contributed by atoms with Crippen molar-refractivity contribution in [2.24, 2.45) is 0 Å². The Morgan fingerprint density at radius 3 is 2.65 bits per heavy atom. The molecule has 1 aliphatic rings. The van der Waals surface area contributed by atoms with Crippen LogP contribution in [0.15, 0.2) is 24.3 Å². The first kappa shape index (κ1) is 12.0. The molecule has 0 bridgehead atoms. The van der Waals surface area contributed by atoms with Gasteiger partial charge in [0.05, 0.1) is 0 Å². The van der Waals surface area contributed by atoms with Crippen LogP contribution in [0.4, 0.5) is 0 Å². The summed E-state index contributed by atoms with van der Waals surface area (Å²) < 4.78 is 10.7. The highest BCUT2D eigenvalue weighted by molar-refractivity contribution is 5.74. The van der Waals surface area contributed by atoms with Crippen molar-refractivity contribution in [3.05, 3.63) is 35.4 Å². The van der Waals surface area contributed by atoms with Gasteiger partial charge in [0.25, 0.3) is 5.91 Å². The van der Waals surface area contributed by atoms with Crippen molar-refractivity contribution < 1.29 is 19.4 Å². The normalized spacial score (nSPS) is 21.9. The number of nitrogens with one attached hydrogen (secondary N) is 1. The third kappa shape index (κ3) is 1.93. The van der Waals surface area contributed by atoms with Crippen LogP contribution < -0.4 is 5.32 Å². The molecule has 17 heavy (non-hydrogen) atoms. The highest BCUT2D eigenvalue weighted by Gasteiger charge is 2.42. The maximum Gasteiger partial charge on any atom is 0.321 e. The van der Waals surface area contributed by atoms with Crippen LogP contribution >= 0.6 is 0 Å². The number of carbonyl (C=O) groups is 1. The summed E-state index contributed by atoms with van der Waals surface area (Å²) in [5.41, 5.74) is 1.74. The van der Waals surface area contributed by atoms with Crippen molar-refractivity contribution in [2.75, 3.05) is 14.2 Å². The molecule has 1 atom stereocenters. The average molecular weight is 237 g/mol. The first-order chi connectivity index (χ1) is 8.13. The molecule has 0 radical (unpaired) electrons. The topological polar surface area (TPSA) is 67.8 Å². The lowest BCUT2D eigenvalue weighted by atomic mass is 9.93. The van der Waals surface area contributed by atoms with Crippen LogP contribution in [0, 0.1) is 0 Å². The smallest absolute Gasteiger partial charge is 0.321 e. The Balaban J connectivity index is 2.49. The molecule has 0 saturated carbocycles. The quantitative estimate of drug-likeness (QED) is 0.757.